The molecule has 0 spiro atoms. The SMILES string of the molecule is O=C(O)c1cc(-c2ccc3ccccc3c2)nc2nc(N3CCCCC3)sc12. The molecule has 0 bridgehead atoms. The highest BCUT2D eigenvalue weighted by atomic mass is 32.1. The molecule has 1 aliphatic heterocycles. The molecule has 4 aromatic rings. The Labute approximate surface area is 166 Å². The van der Waals surface area contributed by atoms with Crippen molar-refractivity contribution in [2.45, 2.75) is 19.3 Å². The number of rotatable bonds is 3. The number of hydrogen-bond acceptors (Lipinski definition) is 5. The predicted octanol–water partition coefficient (Wildman–Crippen LogP) is 5.20. The fourth-order valence-electron chi connectivity index (χ4n) is 3.78. The molecular formula is C22H19N3O2S. The Balaban J connectivity index is 1.65. The molecule has 0 atom stereocenters. The van der Waals surface area contributed by atoms with Crippen molar-refractivity contribution in [1.82, 2.24) is 9.97 Å². The van der Waals surface area contributed by atoms with Gasteiger partial charge in [-0.3, -0.25) is 0 Å². The van der Waals surface area contributed by atoms with E-state index in [1.165, 1.54) is 17.8 Å². The molecule has 1 fully saturated rings. The smallest absolute Gasteiger partial charge is 0.337 e. The highest BCUT2D eigenvalue weighted by Gasteiger charge is 2.21. The number of hydrogen-bond donors (Lipinski definition) is 1. The maximum Gasteiger partial charge on any atom is 0.337 e. The van der Waals surface area contributed by atoms with Crippen molar-refractivity contribution >= 4 is 43.6 Å². The maximum absolute atomic E-state index is 11.9. The van der Waals surface area contributed by atoms with Gasteiger partial charge in [0.15, 0.2) is 10.8 Å². The molecule has 5 nitrogen and oxygen atoms in total. The van der Waals surface area contributed by atoms with Gasteiger partial charge in [0.2, 0.25) is 0 Å². The van der Waals surface area contributed by atoms with Crippen molar-refractivity contribution < 1.29 is 9.90 Å². The number of thiazole rings is 1. The van der Waals surface area contributed by atoms with Gasteiger partial charge in [-0.25, -0.2) is 9.78 Å². The molecule has 6 heteroatoms. The zero-order valence-electron chi connectivity index (χ0n) is 15.3. The van der Waals surface area contributed by atoms with Crippen molar-refractivity contribution in [3.63, 3.8) is 0 Å². The molecule has 140 valence electrons. The van der Waals surface area contributed by atoms with Gasteiger partial charge in [-0.05, 0) is 42.2 Å². The standard InChI is InChI=1S/C22H19N3O2S/c26-21(27)17-13-18(16-9-8-14-6-2-3-7-15(14)12-16)23-20-19(17)28-22(24-20)25-10-4-1-5-11-25/h2-3,6-9,12-13H,1,4-5,10-11H2,(H,26,27). The summed E-state index contributed by atoms with van der Waals surface area (Å²) in [7, 11) is 0. The van der Waals surface area contributed by atoms with Crippen molar-refractivity contribution in [3.8, 4) is 11.3 Å². The summed E-state index contributed by atoms with van der Waals surface area (Å²) in [5.74, 6) is -0.941. The fourth-order valence-corrected chi connectivity index (χ4v) is 4.84. The van der Waals surface area contributed by atoms with E-state index in [-0.39, 0.29) is 5.56 Å². The minimum Gasteiger partial charge on any atom is -0.478 e. The second-order valence-electron chi connectivity index (χ2n) is 7.12. The normalized spacial score (nSPS) is 14.6. The molecular weight excluding hydrogens is 370 g/mol. The summed E-state index contributed by atoms with van der Waals surface area (Å²) in [6, 6.07) is 15.9. The van der Waals surface area contributed by atoms with Crippen LogP contribution in [-0.2, 0) is 0 Å². The van der Waals surface area contributed by atoms with Gasteiger partial charge in [-0.1, -0.05) is 47.7 Å². The summed E-state index contributed by atoms with van der Waals surface area (Å²) in [6.45, 7) is 1.94. The van der Waals surface area contributed by atoms with Crippen LogP contribution in [-0.4, -0.2) is 34.1 Å². The van der Waals surface area contributed by atoms with Crippen LogP contribution in [0.3, 0.4) is 0 Å². The number of aromatic carboxylic acids is 1. The van der Waals surface area contributed by atoms with E-state index in [9.17, 15) is 9.90 Å². The quantitative estimate of drug-likeness (QED) is 0.522. The zero-order chi connectivity index (χ0) is 19.1. The summed E-state index contributed by atoms with van der Waals surface area (Å²) in [5.41, 5.74) is 2.34. The van der Waals surface area contributed by atoms with E-state index < -0.39 is 5.97 Å². The average molecular weight is 389 g/mol. The largest absolute Gasteiger partial charge is 0.478 e. The van der Waals surface area contributed by atoms with Crippen LogP contribution in [0.1, 0.15) is 29.6 Å². The van der Waals surface area contributed by atoms with E-state index in [1.54, 1.807) is 6.07 Å². The minimum atomic E-state index is -0.941. The van der Waals surface area contributed by atoms with Crippen molar-refractivity contribution in [3.05, 3.63) is 54.1 Å². The van der Waals surface area contributed by atoms with Crippen molar-refractivity contribution in [2.75, 3.05) is 18.0 Å². The van der Waals surface area contributed by atoms with Gasteiger partial charge >= 0.3 is 5.97 Å². The second kappa shape index (κ2) is 6.87. The summed E-state index contributed by atoms with van der Waals surface area (Å²) >= 11 is 1.44. The van der Waals surface area contributed by atoms with Gasteiger partial charge in [0.1, 0.15) is 0 Å². The van der Waals surface area contributed by atoms with Crippen LogP contribution in [0, 0.1) is 0 Å². The number of benzene rings is 2. The number of carboxylic acid groups (broad SMARTS) is 1. The molecule has 0 amide bonds. The first kappa shape index (κ1) is 17.1. The first-order valence-electron chi connectivity index (χ1n) is 9.48. The molecule has 3 heterocycles. The van der Waals surface area contributed by atoms with Gasteiger partial charge in [-0.2, -0.15) is 4.98 Å². The third-order valence-corrected chi connectivity index (χ3v) is 6.39. The lowest BCUT2D eigenvalue weighted by Gasteiger charge is -2.25. The Kier molecular flexibility index (Phi) is 4.20. The third kappa shape index (κ3) is 2.99. The molecule has 2 aromatic carbocycles. The van der Waals surface area contributed by atoms with Crippen LogP contribution in [0.2, 0.25) is 0 Å². The number of fused-ring (bicyclic) bond motifs is 2. The van der Waals surface area contributed by atoms with Crippen LogP contribution >= 0.6 is 11.3 Å². The Bertz CT molecular complexity index is 1200. The first-order chi connectivity index (χ1) is 13.7. The molecule has 1 N–H and O–H groups in total. The van der Waals surface area contributed by atoms with Gasteiger partial charge in [0.25, 0.3) is 0 Å². The van der Waals surface area contributed by atoms with Crippen molar-refractivity contribution in [1.29, 1.82) is 0 Å². The summed E-state index contributed by atoms with van der Waals surface area (Å²) in [5, 5.41) is 12.9. The number of carboxylic acids is 1. The van der Waals surface area contributed by atoms with Crippen LogP contribution in [0.4, 0.5) is 5.13 Å². The molecule has 0 saturated carbocycles. The van der Waals surface area contributed by atoms with E-state index in [0.717, 1.165) is 47.4 Å². The van der Waals surface area contributed by atoms with Gasteiger partial charge in [-0.15, -0.1) is 0 Å². The predicted molar refractivity (Wildman–Crippen MR) is 113 cm³/mol. The molecule has 2 aromatic heterocycles. The molecule has 0 radical (unpaired) electrons. The van der Waals surface area contributed by atoms with Crippen molar-refractivity contribution in [2.24, 2.45) is 0 Å². The highest BCUT2D eigenvalue weighted by molar-refractivity contribution is 7.22. The molecule has 1 aliphatic rings. The minimum absolute atomic E-state index is 0.272. The maximum atomic E-state index is 11.9. The van der Waals surface area contributed by atoms with Gasteiger partial charge in [0, 0.05) is 18.7 Å². The number of nitrogens with zero attached hydrogens (tertiary/aromatic N) is 3. The van der Waals surface area contributed by atoms with E-state index in [1.807, 2.05) is 36.4 Å². The first-order valence-corrected chi connectivity index (χ1v) is 10.3. The van der Waals surface area contributed by atoms with E-state index in [0.29, 0.717) is 16.0 Å². The third-order valence-electron chi connectivity index (χ3n) is 5.25. The average Bonchev–Trinajstić information content (AvgIpc) is 3.17. The molecule has 0 aliphatic carbocycles. The number of carbonyl (C=O) groups is 1. The number of anilines is 1. The topological polar surface area (TPSA) is 66.3 Å². The highest BCUT2D eigenvalue weighted by Crippen LogP contribution is 2.34. The Morgan fingerprint density at radius 3 is 2.54 bits per heavy atom. The van der Waals surface area contributed by atoms with Crippen LogP contribution in [0.5, 0.6) is 0 Å². The lowest BCUT2D eigenvalue weighted by molar-refractivity contribution is 0.0699. The lowest BCUT2D eigenvalue weighted by Crippen LogP contribution is -2.29. The van der Waals surface area contributed by atoms with Crippen LogP contribution in [0.15, 0.2) is 48.5 Å². The van der Waals surface area contributed by atoms with E-state index in [4.69, 9.17) is 9.97 Å². The van der Waals surface area contributed by atoms with Gasteiger partial charge < -0.3 is 10.0 Å². The summed E-state index contributed by atoms with van der Waals surface area (Å²) in [4.78, 5) is 23.6. The second-order valence-corrected chi connectivity index (χ2v) is 8.10. The van der Waals surface area contributed by atoms with Crippen LogP contribution in [0.25, 0.3) is 32.4 Å². The number of pyridine rings is 1. The molecule has 1 saturated heterocycles. The van der Waals surface area contributed by atoms with Crippen LogP contribution < -0.4 is 4.90 Å². The zero-order valence-corrected chi connectivity index (χ0v) is 16.1. The number of aromatic nitrogens is 2. The van der Waals surface area contributed by atoms with Gasteiger partial charge in [0.05, 0.1) is 16.0 Å². The Morgan fingerprint density at radius 2 is 1.75 bits per heavy atom. The Morgan fingerprint density at radius 1 is 0.964 bits per heavy atom. The summed E-state index contributed by atoms with van der Waals surface area (Å²) in [6.07, 6.45) is 3.54. The van der Waals surface area contributed by atoms with E-state index in [2.05, 4.69) is 11.0 Å². The molecule has 5 rings (SSSR count). The fraction of sp³-hybridized carbons (Fsp3) is 0.227. The Hall–Kier alpha value is -2.99. The summed E-state index contributed by atoms with van der Waals surface area (Å²) < 4.78 is 0.651. The molecule has 28 heavy (non-hydrogen) atoms. The van der Waals surface area contributed by atoms with E-state index >= 15 is 0 Å². The monoisotopic (exact) mass is 389 g/mol. The number of piperidine rings is 1. The molecule has 0 unspecified atom stereocenters. The lowest BCUT2D eigenvalue weighted by atomic mass is 10.0.